The summed E-state index contributed by atoms with van der Waals surface area (Å²) in [4.78, 5) is 25.5. The van der Waals surface area contributed by atoms with Gasteiger partial charge < -0.3 is 0 Å². The summed E-state index contributed by atoms with van der Waals surface area (Å²) in [6.07, 6.45) is 0. The van der Waals surface area contributed by atoms with Crippen molar-refractivity contribution in [3.05, 3.63) is 57.2 Å². The molecule has 4 nitrogen and oxygen atoms in total. The number of hydrazine groups is 1. The fourth-order valence-corrected chi connectivity index (χ4v) is 2.55. The van der Waals surface area contributed by atoms with Crippen LogP contribution in [-0.4, -0.2) is 22.4 Å². The Morgan fingerprint density at radius 2 is 1.77 bits per heavy atom. The minimum Gasteiger partial charge on any atom is -0.267 e. The van der Waals surface area contributed by atoms with E-state index in [0.717, 1.165) is 0 Å². The van der Waals surface area contributed by atoms with E-state index < -0.39 is 5.54 Å². The van der Waals surface area contributed by atoms with Crippen molar-refractivity contribution in [1.29, 1.82) is 0 Å². The number of carbonyl (C=O) groups excluding carboxylic acids is 2. The van der Waals surface area contributed by atoms with E-state index in [1.54, 1.807) is 36.4 Å². The summed E-state index contributed by atoms with van der Waals surface area (Å²) in [5.74, 6) is -0.582. The minimum atomic E-state index is -0.566. The Labute approximate surface area is 138 Å². The normalized spacial score (nSPS) is 11.1. The second kappa shape index (κ2) is 6.50. The molecule has 2 aromatic rings. The summed E-state index contributed by atoms with van der Waals surface area (Å²) >= 11 is 7.17. The zero-order valence-corrected chi connectivity index (χ0v) is 14.2. The van der Waals surface area contributed by atoms with Crippen molar-refractivity contribution in [2.75, 3.05) is 0 Å². The molecule has 2 amide bonds. The maximum Gasteiger partial charge on any atom is 0.279 e. The van der Waals surface area contributed by atoms with Crippen molar-refractivity contribution in [3.8, 4) is 0 Å². The fourth-order valence-electron chi connectivity index (χ4n) is 1.81. The van der Waals surface area contributed by atoms with Gasteiger partial charge in [-0.2, -0.15) is 0 Å². The first-order valence-corrected chi connectivity index (χ1v) is 7.99. The third kappa shape index (κ3) is 3.87. The zero-order chi connectivity index (χ0) is 16.3. The molecule has 0 aliphatic heterocycles. The van der Waals surface area contributed by atoms with Gasteiger partial charge in [0.15, 0.2) is 0 Å². The van der Waals surface area contributed by atoms with Crippen LogP contribution < -0.4 is 5.43 Å². The molecule has 116 valence electrons. The lowest BCUT2D eigenvalue weighted by Crippen LogP contribution is -2.55. The van der Waals surface area contributed by atoms with Gasteiger partial charge in [-0.1, -0.05) is 17.7 Å². The highest BCUT2D eigenvalue weighted by Crippen LogP contribution is 2.18. The average molecular weight is 337 g/mol. The van der Waals surface area contributed by atoms with Gasteiger partial charge in [-0.05, 0) is 56.5 Å². The van der Waals surface area contributed by atoms with Gasteiger partial charge in [0.25, 0.3) is 11.8 Å². The van der Waals surface area contributed by atoms with Crippen molar-refractivity contribution in [3.63, 3.8) is 0 Å². The molecule has 0 unspecified atom stereocenters. The van der Waals surface area contributed by atoms with E-state index in [-0.39, 0.29) is 11.8 Å². The van der Waals surface area contributed by atoms with Crippen molar-refractivity contribution in [1.82, 2.24) is 10.4 Å². The van der Waals surface area contributed by atoms with Gasteiger partial charge in [0.2, 0.25) is 0 Å². The van der Waals surface area contributed by atoms with Crippen LogP contribution in [-0.2, 0) is 0 Å². The maximum absolute atomic E-state index is 12.7. The van der Waals surface area contributed by atoms with Crippen LogP contribution in [0.2, 0.25) is 5.02 Å². The molecule has 2 rings (SSSR count). The van der Waals surface area contributed by atoms with Gasteiger partial charge in [0.05, 0.1) is 10.4 Å². The molecule has 1 heterocycles. The molecule has 0 saturated carbocycles. The summed E-state index contributed by atoms with van der Waals surface area (Å²) in [5.41, 5.74) is 2.59. The van der Waals surface area contributed by atoms with E-state index in [4.69, 9.17) is 11.6 Å². The predicted octanol–water partition coefficient (Wildman–Crippen LogP) is 3.99. The zero-order valence-electron chi connectivity index (χ0n) is 12.6. The Morgan fingerprint density at radius 1 is 1.14 bits per heavy atom. The SMILES string of the molecule is CC(C)(C)N(NC(=O)c1cccs1)C(=O)c1ccc(Cl)cc1. The van der Waals surface area contributed by atoms with Crippen molar-refractivity contribution < 1.29 is 9.59 Å². The number of nitrogens with zero attached hydrogens (tertiary/aromatic N) is 1. The maximum atomic E-state index is 12.7. The Morgan fingerprint density at radius 3 is 2.27 bits per heavy atom. The van der Waals surface area contributed by atoms with E-state index in [1.165, 1.54) is 16.3 Å². The van der Waals surface area contributed by atoms with Gasteiger partial charge in [-0.3, -0.25) is 15.0 Å². The van der Waals surface area contributed by atoms with Crippen molar-refractivity contribution in [2.24, 2.45) is 0 Å². The first kappa shape index (κ1) is 16.5. The number of hydrogen-bond acceptors (Lipinski definition) is 3. The number of amides is 2. The lowest BCUT2D eigenvalue weighted by Gasteiger charge is -2.35. The summed E-state index contributed by atoms with van der Waals surface area (Å²) in [7, 11) is 0. The third-order valence-corrected chi connectivity index (χ3v) is 4.04. The number of halogens is 1. The quantitative estimate of drug-likeness (QED) is 0.843. The molecule has 0 aliphatic rings. The van der Waals surface area contributed by atoms with Crippen LogP contribution in [0.15, 0.2) is 41.8 Å². The molecule has 6 heteroatoms. The highest BCUT2D eigenvalue weighted by atomic mass is 35.5. The molecular weight excluding hydrogens is 320 g/mol. The number of rotatable bonds is 2. The molecule has 0 bridgehead atoms. The summed E-state index contributed by atoms with van der Waals surface area (Å²) in [6, 6.07) is 10.1. The topological polar surface area (TPSA) is 49.4 Å². The van der Waals surface area contributed by atoms with Gasteiger partial charge >= 0.3 is 0 Å². The Kier molecular flexibility index (Phi) is 4.88. The van der Waals surface area contributed by atoms with Gasteiger partial charge in [0.1, 0.15) is 0 Å². The Hall–Kier alpha value is -1.85. The van der Waals surface area contributed by atoms with Gasteiger partial charge in [-0.25, -0.2) is 5.01 Å². The second-order valence-corrected chi connectivity index (χ2v) is 7.12. The molecule has 0 aliphatic carbocycles. The molecule has 0 atom stereocenters. The average Bonchev–Trinajstić information content (AvgIpc) is 2.97. The first-order chi connectivity index (χ1) is 10.3. The van der Waals surface area contributed by atoms with Crippen LogP contribution in [0.5, 0.6) is 0 Å². The number of nitrogens with one attached hydrogen (secondary N) is 1. The first-order valence-electron chi connectivity index (χ1n) is 6.73. The number of thiophene rings is 1. The van der Waals surface area contributed by atoms with Crippen LogP contribution in [0.4, 0.5) is 0 Å². The largest absolute Gasteiger partial charge is 0.279 e. The van der Waals surface area contributed by atoms with E-state index in [2.05, 4.69) is 5.43 Å². The standard InChI is InChI=1S/C16H17ClN2O2S/c1-16(2,3)19(18-14(20)13-5-4-10-22-13)15(21)11-6-8-12(17)9-7-11/h4-10H,1-3H3,(H,18,20). The van der Waals surface area contributed by atoms with Crippen LogP contribution in [0.25, 0.3) is 0 Å². The Bertz CT molecular complexity index is 660. The molecule has 1 N–H and O–H groups in total. The number of hydrogen-bond donors (Lipinski definition) is 1. The summed E-state index contributed by atoms with van der Waals surface area (Å²) in [6.45, 7) is 5.57. The highest BCUT2D eigenvalue weighted by Gasteiger charge is 2.29. The Balaban J connectivity index is 2.25. The third-order valence-electron chi connectivity index (χ3n) is 2.92. The molecule has 0 spiro atoms. The number of carbonyl (C=O) groups is 2. The van der Waals surface area contributed by atoms with Crippen LogP contribution in [0.1, 0.15) is 40.8 Å². The lowest BCUT2D eigenvalue weighted by molar-refractivity contribution is 0.0360. The van der Waals surface area contributed by atoms with E-state index in [9.17, 15) is 9.59 Å². The van der Waals surface area contributed by atoms with Gasteiger partial charge in [0, 0.05) is 10.6 Å². The molecule has 1 aromatic carbocycles. The van der Waals surface area contributed by atoms with Crippen LogP contribution >= 0.6 is 22.9 Å². The molecule has 0 fully saturated rings. The van der Waals surface area contributed by atoms with Gasteiger partial charge in [-0.15, -0.1) is 11.3 Å². The molecule has 22 heavy (non-hydrogen) atoms. The predicted molar refractivity (Wildman–Crippen MR) is 89.2 cm³/mol. The van der Waals surface area contributed by atoms with E-state index >= 15 is 0 Å². The summed E-state index contributed by atoms with van der Waals surface area (Å²) in [5, 5.41) is 3.72. The van der Waals surface area contributed by atoms with E-state index in [0.29, 0.717) is 15.5 Å². The highest BCUT2D eigenvalue weighted by molar-refractivity contribution is 7.12. The van der Waals surface area contributed by atoms with Crippen molar-refractivity contribution >= 4 is 34.8 Å². The smallest absolute Gasteiger partial charge is 0.267 e. The summed E-state index contributed by atoms with van der Waals surface area (Å²) < 4.78 is 0. The minimum absolute atomic E-state index is 0.283. The van der Waals surface area contributed by atoms with Crippen molar-refractivity contribution in [2.45, 2.75) is 26.3 Å². The second-order valence-electron chi connectivity index (χ2n) is 5.74. The monoisotopic (exact) mass is 336 g/mol. The van der Waals surface area contributed by atoms with E-state index in [1.807, 2.05) is 26.2 Å². The lowest BCUT2D eigenvalue weighted by atomic mass is 10.1. The molecule has 0 radical (unpaired) electrons. The number of benzene rings is 1. The molecular formula is C16H17ClN2O2S. The molecule has 1 aromatic heterocycles. The fraction of sp³-hybridized carbons (Fsp3) is 0.250. The molecule has 0 saturated heterocycles. The van der Waals surface area contributed by atoms with Crippen LogP contribution in [0.3, 0.4) is 0 Å². The van der Waals surface area contributed by atoms with Crippen LogP contribution in [0, 0.1) is 0 Å².